The highest BCUT2D eigenvalue weighted by molar-refractivity contribution is 6.31. The number of aliphatic hydroxyl groups is 4. The van der Waals surface area contributed by atoms with Crippen LogP contribution in [0.4, 0.5) is 0 Å². The number of Topliss-reactive ketones (excluding diaryl/α,β-unsaturated/α-hetero) is 3. The van der Waals surface area contributed by atoms with Gasteiger partial charge >= 0.3 is 5.97 Å². The van der Waals surface area contributed by atoms with Crippen molar-refractivity contribution in [1.29, 1.82) is 0 Å². The van der Waals surface area contributed by atoms with Crippen molar-refractivity contribution in [3.63, 3.8) is 0 Å². The number of hydrogen-bond donors (Lipinski definition) is 7. The van der Waals surface area contributed by atoms with Crippen molar-refractivity contribution < 1.29 is 78.3 Å². The number of nitrogens with one attached hydrogen (secondary N) is 1. The van der Waals surface area contributed by atoms with Gasteiger partial charge in [0.2, 0.25) is 17.3 Å². The van der Waals surface area contributed by atoms with Crippen LogP contribution in [0.2, 0.25) is 0 Å². The summed E-state index contributed by atoms with van der Waals surface area (Å²) >= 11 is 0. The fourth-order valence-corrected chi connectivity index (χ4v) is 8.76. The Morgan fingerprint density at radius 3 is 2.29 bits per heavy atom. The van der Waals surface area contributed by atoms with Gasteiger partial charge in [-0.05, 0) is 48.7 Å². The Bertz CT molecular complexity index is 2300. The number of esters is 1. The largest absolute Gasteiger partial charge is 0.508 e. The fraction of sp³-hybridized carbons (Fsp3) is 0.390. The normalized spacial score (nSPS) is 28.8. The lowest BCUT2D eigenvalue weighted by molar-refractivity contribution is -0.214. The van der Waals surface area contributed by atoms with E-state index in [1.807, 2.05) is 0 Å². The monoisotopic (exact) mass is 803 g/mol. The number of allylic oxidation sites excluding steroid dienone is 2. The Balaban J connectivity index is 1.39. The van der Waals surface area contributed by atoms with Crippen LogP contribution in [0.15, 0.2) is 48.2 Å². The number of carbonyl (C=O) groups is 5. The lowest BCUT2D eigenvalue weighted by atomic mass is 9.56. The van der Waals surface area contributed by atoms with Crippen molar-refractivity contribution in [2.24, 2.45) is 5.92 Å². The van der Waals surface area contributed by atoms with Gasteiger partial charge in [-0.3, -0.25) is 19.2 Å². The first kappa shape index (κ1) is 40.7. The second kappa shape index (κ2) is 14.7. The van der Waals surface area contributed by atoms with Gasteiger partial charge in [-0.15, -0.1) is 0 Å². The van der Waals surface area contributed by atoms with E-state index in [0.29, 0.717) is 5.56 Å². The molecule has 0 spiro atoms. The molecule has 8 atom stereocenters. The SMILES string of the molecule is COC(=O)c1c(C)cc2c(c1OCc1ccc(O)cc1)[C@]1(O)C(=O)c3cc4c(c(O)c3C(=O)[C@]1(OC)[C@H](O)C2)C(=O)C=C(NC1O[C@@H](C)[C@H](OC)[C@@H](O)[C@H]1CO)C4=O. The summed E-state index contributed by atoms with van der Waals surface area (Å²) in [5, 5.41) is 70.0. The van der Waals surface area contributed by atoms with Crippen molar-refractivity contribution in [1.82, 2.24) is 5.32 Å². The molecule has 7 rings (SSSR count). The zero-order valence-electron chi connectivity index (χ0n) is 31.9. The number of fused-ring (bicyclic) bond motifs is 5. The van der Waals surface area contributed by atoms with Crippen LogP contribution in [0.3, 0.4) is 0 Å². The van der Waals surface area contributed by atoms with Crippen LogP contribution in [0.5, 0.6) is 17.2 Å². The van der Waals surface area contributed by atoms with Crippen LogP contribution in [0.1, 0.15) is 81.0 Å². The molecule has 0 aromatic heterocycles. The molecule has 17 heteroatoms. The van der Waals surface area contributed by atoms with E-state index >= 15 is 4.79 Å². The molecule has 0 amide bonds. The summed E-state index contributed by atoms with van der Waals surface area (Å²) in [6.45, 7) is 2.21. The highest BCUT2D eigenvalue weighted by Gasteiger charge is 2.73. The molecule has 0 radical (unpaired) electrons. The van der Waals surface area contributed by atoms with Gasteiger partial charge in [-0.1, -0.05) is 18.2 Å². The van der Waals surface area contributed by atoms with Crippen molar-refractivity contribution in [2.45, 2.75) is 68.7 Å². The van der Waals surface area contributed by atoms with Gasteiger partial charge in [0, 0.05) is 43.4 Å². The molecule has 17 nitrogen and oxygen atoms in total. The van der Waals surface area contributed by atoms with E-state index in [-0.39, 0.29) is 29.0 Å². The second-order valence-corrected chi connectivity index (χ2v) is 14.7. The Hall–Kier alpha value is -5.53. The molecule has 306 valence electrons. The molecule has 3 aliphatic carbocycles. The number of aliphatic hydroxyl groups excluding tert-OH is 3. The number of methoxy groups -OCH3 is 3. The summed E-state index contributed by atoms with van der Waals surface area (Å²) in [7, 11) is 3.40. The minimum Gasteiger partial charge on any atom is -0.508 e. The van der Waals surface area contributed by atoms with E-state index in [1.54, 1.807) is 6.92 Å². The maximum atomic E-state index is 15.1. The van der Waals surface area contributed by atoms with Gasteiger partial charge in [-0.2, -0.15) is 0 Å². The summed E-state index contributed by atoms with van der Waals surface area (Å²) in [5.74, 6) is -8.14. The maximum Gasteiger partial charge on any atom is 0.341 e. The van der Waals surface area contributed by atoms with E-state index < -0.39 is 135 Å². The summed E-state index contributed by atoms with van der Waals surface area (Å²) in [6, 6.07) is 8.09. The number of rotatable bonds is 9. The summed E-state index contributed by atoms with van der Waals surface area (Å²) in [5.41, 5.74) is -9.13. The van der Waals surface area contributed by atoms with E-state index in [1.165, 1.54) is 44.4 Å². The molecule has 1 saturated heterocycles. The molecular formula is C41H41NO16. The van der Waals surface area contributed by atoms with E-state index in [0.717, 1.165) is 26.4 Å². The topological polar surface area (TPSA) is 265 Å². The van der Waals surface area contributed by atoms with Gasteiger partial charge in [0.05, 0.1) is 54.8 Å². The Kier molecular flexibility index (Phi) is 10.3. The highest BCUT2D eigenvalue weighted by Crippen LogP contribution is 2.57. The van der Waals surface area contributed by atoms with Crippen molar-refractivity contribution in [2.75, 3.05) is 27.9 Å². The molecule has 4 aliphatic rings. The molecule has 0 saturated carbocycles. The Labute approximate surface area is 330 Å². The predicted molar refractivity (Wildman–Crippen MR) is 197 cm³/mol. The van der Waals surface area contributed by atoms with Crippen LogP contribution in [0, 0.1) is 12.8 Å². The van der Waals surface area contributed by atoms with Gasteiger partial charge in [0.25, 0.3) is 0 Å². The third kappa shape index (κ3) is 5.68. The highest BCUT2D eigenvalue weighted by atomic mass is 16.6. The first-order chi connectivity index (χ1) is 27.5. The quantitative estimate of drug-likeness (QED) is 0.148. The molecule has 7 N–H and O–H groups in total. The van der Waals surface area contributed by atoms with Crippen LogP contribution >= 0.6 is 0 Å². The molecule has 1 unspecified atom stereocenters. The van der Waals surface area contributed by atoms with Crippen molar-refractivity contribution in [3.05, 3.63) is 98.2 Å². The third-order valence-electron chi connectivity index (χ3n) is 11.6. The number of phenolic OH excluding ortho intramolecular Hbond substituents is 2. The number of hydrogen-bond acceptors (Lipinski definition) is 17. The Morgan fingerprint density at radius 1 is 0.983 bits per heavy atom. The van der Waals surface area contributed by atoms with E-state index in [9.17, 15) is 49.8 Å². The maximum absolute atomic E-state index is 15.1. The number of benzene rings is 3. The molecule has 1 fully saturated rings. The zero-order chi connectivity index (χ0) is 42.2. The standard InChI is InChI=1S/C41H41NO16/c1-16-10-19-11-26(46)41(56-5)37(51)29-22(36(50)40(41,53)30(19)35(27(16)39(52)55-4)57-15-18-6-8-20(44)9-7-18)12-21-28(33(29)49)25(45)13-24(31(21)47)42-38-23(14-43)32(48)34(54-3)17(2)58-38/h6-10,12-13,17,23,26,32,34,38,42-44,46,48-49,53H,11,14-15H2,1-5H3/t17-,23+,26+,32-,34-,38?,40-,41+/m0/s1. The van der Waals surface area contributed by atoms with Crippen molar-refractivity contribution >= 4 is 29.1 Å². The van der Waals surface area contributed by atoms with Crippen LogP contribution < -0.4 is 10.1 Å². The first-order valence-electron chi connectivity index (χ1n) is 18.2. The third-order valence-corrected chi connectivity index (χ3v) is 11.6. The van der Waals surface area contributed by atoms with Gasteiger partial charge < -0.3 is 59.6 Å². The lowest BCUT2D eigenvalue weighted by Gasteiger charge is -2.53. The van der Waals surface area contributed by atoms with Gasteiger partial charge in [0.15, 0.2) is 17.0 Å². The number of aryl methyl sites for hydroxylation is 1. The fourth-order valence-electron chi connectivity index (χ4n) is 8.76. The number of ether oxygens (including phenoxy) is 5. The smallest absolute Gasteiger partial charge is 0.341 e. The molecule has 58 heavy (non-hydrogen) atoms. The zero-order valence-corrected chi connectivity index (χ0v) is 31.9. The summed E-state index contributed by atoms with van der Waals surface area (Å²) in [4.78, 5) is 71.2. The van der Waals surface area contributed by atoms with Crippen molar-refractivity contribution in [3.8, 4) is 17.2 Å². The number of phenols is 2. The van der Waals surface area contributed by atoms with Gasteiger partial charge in [-0.25, -0.2) is 4.79 Å². The number of aromatic hydroxyl groups is 2. The number of carbonyl (C=O) groups excluding carboxylic acids is 5. The average Bonchev–Trinajstić information content (AvgIpc) is 3.18. The molecule has 3 aromatic rings. The molecule has 0 bridgehead atoms. The second-order valence-electron chi connectivity index (χ2n) is 14.7. The van der Waals surface area contributed by atoms with Gasteiger partial charge in [0.1, 0.15) is 41.8 Å². The summed E-state index contributed by atoms with van der Waals surface area (Å²) < 4.78 is 28.1. The molecule has 3 aromatic carbocycles. The van der Waals surface area contributed by atoms with E-state index in [4.69, 9.17) is 23.7 Å². The average molecular weight is 804 g/mol. The predicted octanol–water partition coefficient (Wildman–Crippen LogP) is 0.923. The van der Waals surface area contributed by atoms with E-state index in [2.05, 4.69) is 5.32 Å². The first-order valence-corrected chi connectivity index (χ1v) is 18.2. The minimum absolute atomic E-state index is 0.0422. The van der Waals surface area contributed by atoms with Crippen LogP contribution in [-0.4, -0.2) is 124 Å². The molecular weight excluding hydrogens is 762 g/mol. The van der Waals surface area contributed by atoms with Crippen LogP contribution in [-0.2, 0) is 37.6 Å². The summed E-state index contributed by atoms with van der Waals surface area (Å²) in [6.07, 6.45) is -5.64. The molecule has 1 aliphatic heterocycles. The molecule has 1 heterocycles. The minimum atomic E-state index is -3.21. The lowest BCUT2D eigenvalue weighted by Crippen LogP contribution is -2.73. The number of ketones is 4. The van der Waals surface area contributed by atoms with Crippen LogP contribution in [0.25, 0.3) is 0 Å². The Morgan fingerprint density at radius 2 is 1.67 bits per heavy atom.